The van der Waals surface area contributed by atoms with E-state index in [1.54, 1.807) is 18.2 Å². The molecule has 0 atom stereocenters. The SMILES string of the molecule is COCc1nc(Nc2ccc(S(C)(=O)=O)cc2)c2ccc(-c3ncccc3C(F)(F)F)cc2n1. The van der Waals surface area contributed by atoms with Crippen LogP contribution in [0.25, 0.3) is 22.2 Å². The van der Waals surface area contributed by atoms with Gasteiger partial charge in [-0.25, -0.2) is 18.4 Å². The monoisotopic (exact) mass is 488 g/mol. The summed E-state index contributed by atoms with van der Waals surface area (Å²) in [6, 6.07) is 13.0. The van der Waals surface area contributed by atoms with Crippen molar-refractivity contribution in [1.82, 2.24) is 15.0 Å². The standard InChI is InChI=1S/C23H19F3N4O3S/c1-33-13-20-29-19-12-14(21-18(23(24,25)26)4-3-11-27-21)5-10-17(19)22(30-20)28-15-6-8-16(9-7-15)34(2,31)32/h3-12H,13H2,1-2H3,(H,28,29,30). The third-order valence-corrected chi connectivity index (χ3v) is 6.08. The lowest BCUT2D eigenvalue weighted by atomic mass is 10.0. The molecule has 7 nitrogen and oxygen atoms in total. The van der Waals surface area contributed by atoms with E-state index in [9.17, 15) is 21.6 Å². The van der Waals surface area contributed by atoms with E-state index >= 15 is 0 Å². The lowest BCUT2D eigenvalue weighted by molar-refractivity contribution is -0.137. The van der Waals surface area contributed by atoms with Crippen LogP contribution in [0.1, 0.15) is 11.4 Å². The smallest absolute Gasteiger partial charge is 0.377 e. The maximum atomic E-state index is 13.5. The van der Waals surface area contributed by atoms with Gasteiger partial charge in [-0.1, -0.05) is 6.07 Å². The molecule has 0 amide bonds. The van der Waals surface area contributed by atoms with Crippen molar-refractivity contribution in [2.45, 2.75) is 17.7 Å². The molecule has 0 saturated heterocycles. The number of sulfone groups is 1. The van der Waals surface area contributed by atoms with Crippen LogP contribution in [0.3, 0.4) is 0 Å². The van der Waals surface area contributed by atoms with E-state index in [1.165, 1.54) is 43.6 Å². The Hall–Kier alpha value is -3.57. The number of hydrogen-bond acceptors (Lipinski definition) is 7. The van der Waals surface area contributed by atoms with Gasteiger partial charge in [0.1, 0.15) is 12.4 Å². The predicted octanol–water partition coefficient (Wildman–Crippen LogP) is 5.00. The molecule has 2 heterocycles. The fraction of sp³-hybridized carbons (Fsp3) is 0.174. The van der Waals surface area contributed by atoms with Gasteiger partial charge in [0.2, 0.25) is 0 Å². The molecule has 11 heteroatoms. The van der Waals surface area contributed by atoms with E-state index < -0.39 is 21.6 Å². The number of rotatable bonds is 6. The Kier molecular flexibility index (Phi) is 6.24. The molecule has 0 aliphatic carbocycles. The molecule has 2 aromatic heterocycles. The second kappa shape index (κ2) is 8.99. The normalized spacial score (nSPS) is 12.1. The molecule has 0 bridgehead atoms. The highest BCUT2D eigenvalue weighted by Crippen LogP contribution is 2.37. The van der Waals surface area contributed by atoms with E-state index in [0.29, 0.717) is 28.2 Å². The topological polar surface area (TPSA) is 94.1 Å². The molecule has 4 rings (SSSR count). The van der Waals surface area contributed by atoms with Gasteiger partial charge in [-0.2, -0.15) is 13.2 Å². The number of hydrogen-bond donors (Lipinski definition) is 1. The zero-order chi connectivity index (χ0) is 24.5. The first-order valence-electron chi connectivity index (χ1n) is 9.95. The van der Waals surface area contributed by atoms with Crippen LogP contribution in [0.2, 0.25) is 0 Å². The van der Waals surface area contributed by atoms with E-state index in [-0.39, 0.29) is 22.8 Å². The third-order valence-electron chi connectivity index (χ3n) is 4.95. The van der Waals surface area contributed by atoms with Gasteiger partial charge < -0.3 is 10.1 Å². The van der Waals surface area contributed by atoms with Crippen molar-refractivity contribution >= 4 is 32.2 Å². The minimum atomic E-state index is -4.56. The Morgan fingerprint density at radius 1 is 1.03 bits per heavy atom. The molecular formula is C23H19F3N4O3S. The molecule has 4 aromatic rings. The van der Waals surface area contributed by atoms with Crippen LogP contribution in [0, 0.1) is 0 Å². The quantitative estimate of drug-likeness (QED) is 0.408. The molecule has 0 saturated carbocycles. The number of ether oxygens (including phenoxy) is 1. The van der Waals surface area contributed by atoms with Gasteiger partial charge in [0.25, 0.3) is 0 Å². The van der Waals surface area contributed by atoms with Gasteiger partial charge in [0.15, 0.2) is 15.7 Å². The number of nitrogens with one attached hydrogen (secondary N) is 1. The Morgan fingerprint density at radius 3 is 2.41 bits per heavy atom. The third kappa shape index (κ3) is 5.00. The minimum Gasteiger partial charge on any atom is -0.377 e. The Bertz CT molecular complexity index is 1460. The van der Waals surface area contributed by atoms with Crippen molar-refractivity contribution in [3.05, 3.63) is 72.2 Å². The summed E-state index contributed by atoms with van der Waals surface area (Å²) in [5.74, 6) is 0.715. The van der Waals surface area contributed by atoms with Gasteiger partial charge in [-0.15, -0.1) is 0 Å². The number of halogens is 3. The van der Waals surface area contributed by atoms with Crippen molar-refractivity contribution in [2.75, 3.05) is 18.7 Å². The van der Waals surface area contributed by atoms with E-state index in [4.69, 9.17) is 4.74 Å². The molecule has 0 fully saturated rings. The zero-order valence-electron chi connectivity index (χ0n) is 18.1. The number of fused-ring (bicyclic) bond motifs is 1. The fourth-order valence-corrected chi connectivity index (χ4v) is 4.03. The summed E-state index contributed by atoms with van der Waals surface area (Å²) < 4.78 is 69.0. The number of alkyl halides is 3. The van der Waals surface area contributed by atoms with Crippen LogP contribution in [0.15, 0.2) is 65.7 Å². The van der Waals surface area contributed by atoms with Crippen LogP contribution in [0.4, 0.5) is 24.7 Å². The first-order valence-corrected chi connectivity index (χ1v) is 11.8. The fourth-order valence-electron chi connectivity index (χ4n) is 3.40. The van der Waals surface area contributed by atoms with Gasteiger partial charge in [0.05, 0.1) is 21.7 Å². The Balaban J connectivity index is 1.80. The van der Waals surface area contributed by atoms with Crippen molar-refractivity contribution in [3.8, 4) is 11.3 Å². The Morgan fingerprint density at radius 2 is 1.76 bits per heavy atom. The van der Waals surface area contributed by atoms with Gasteiger partial charge in [-0.05, 0) is 48.5 Å². The first-order chi connectivity index (χ1) is 16.1. The van der Waals surface area contributed by atoms with Gasteiger partial charge in [0, 0.05) is 36.2 Å². The second-order valence-electron chi connectivity index (χ2n) is 7.47. The van der Waals surface area contributed by atoms with E-state index in [1.807, 2.05) is 0 Å². The maximum absolute atomic E-state index is 13.5. The van der Waals surface area contributed by atoms with Gasteiger partial charge >= 0.3 is 6.18 Å². The highest BCUT2D eigenvalue weighted by molar-refractivity contribution is 7.90. The predicted molar refractivity (Wildman–Crippen MR) is 121 cm³/mol. The highest BCUT2D eigenvalue weighted by Gasteiger charge is 2.34. The largest absolute Gasteiger partial charge is 0.418 e. The number of anilines is 2. The summed E-state index contributed by atoms with van der Waals surface area (Å²) in [4.78, 5) is 13.0. The molecule has 1 N–H and O–H groups in total. The summed E-state index contributed by atoms with van der Waals surface area (Å²) in [6.45, 7) is 0.0826. The summed E-state index contributed by atoms with van der Waals surface area (Å²) in [6.07, 6.45) is -2.14. The summed E-state index contributed by atoms with van der Waals surface area (Å²) in [7, 11) is -1.87. The molecule has 0 unspecified atom stereocenters. The molecule has 34 heavy (non-hydrogen) atoms. The van der Waals surface area contributed by atoms with Crippen molar-refractivity contribution in [2.24, 2.45) is 0 Å². The zero-order valence-corrected chi connectivity index (χ0v) is 18.9. The van der Waals surface area contributed by atoms with E-state index in [2.05, 4.69) is 20.3 Å². The molecule has 2 aromatic carbocycles. The second-order valence-corrected chi connectivity index (χ2v) is 9.49. The molecule has 0 aliphatic heterocycles. The number of aromatic nitrogens is 3. The van der Waals surface area contributed by atoms with Crippen LogP contribution in [-0.4, -0.2) is 36.7 Å². The minimum absolute atomic E-state index is 0.0826. The van der Waals surface area contributed by atoms with Crippen molar-refractivity contribution in [3.63, 3.8) is 0 Å². The van der Waals surface area contributed by atoms with Crippen molar-refractivity contribution in [1.29, 1.82) is 0 Å². The molecule has 0 aliphatic rings. The van der Waals surface area contributed by atoms with Crippen LogP contribution in [-0.2, 0) is 27.4 Å². The van der Waals surface area contributed by atoms with Crippen LogP contribution >= 0.6 is 0 Å². The maximum Gasteiger partial charge on any atom is 0.418 e. The first kappa shape index (κ1) is 23.6. The average molecular weight is 488 g/mol. The lowest BCUT2D eigenvalue weighted by Crippen LogP contribution is -2.08. The highest BCUT2D eigenvalue weighted by atomic mass is 32.2. The van der Waals surface area contributed by atoms with Crippen LogP contribution in [0.5, 0.6) is 0 Å². The summed E-state index contributed by atoms with van der Waals surface area (Å²) >= 11 is 0. The lowest BCUT2D eigenvalue weighted by Gasteiger charge is -2.14. The van der Waals surface area contributed by atoms with Crippen LogP contribution < -0.4 is 5.32 Å². The number of benzene rings is 2. The number of pyridine rings is 1. The van der Waals surface area contributed by atoms with Gasteiger partial charge in [-0.3, -0.25) is 4.98 Å². The number of nitrogens with zero attached hydrogens (tertiary/aromatic N) is 3. The summed E-state index contributed by atoms with van der Waals surface area (Å²) in [5, 5.41) is 3.68. The molecule has 176 valence electrons. The average Bonchev–Trinajstić information content (AvgIpc) is 2.78. The Labute approximate surface area is 193 Å². The van der Waals surface area contributed by atoms with E-state index in [0.717, 1.165) is 12.3 Å². The molecule has 0 radical (unpaired) electrons. The number of methoxy groups -OCH3 is 1. The van der Waals surface area contributed by atoms with Crippen molar-refractivity contribution < 1.29 is 26.3 Å². The summed E-state index contributed by atoms with van der Waals surface area (Å²) in [5.41, 5.74) is 0.183. The molecular weight excluding hydrogens is 469 g/mol. The molecule has 0 spiro atoms.